The van der Waals surface area contributed by atoms with Crippen molar-refractivity contribution in [1.29, 1.82) is 0 Å². The van der Waals surface area contributed by atoms with Crippen LogP contribution >= 0.6 is 11.3 Å². The molecule has 3 aromatic rings. The quantitative estimate of drug-likeness (QED) is 0.583. The maximum atomic E-state index is 12.1. The summed E-state index contributed by atoms with van der Waals surface area (Å²) in [7, 11) is 0. The van der Waals surface area contributed by atoms with E-state index in [0.717, 1.165) is 23.7 Å². The topological polar surface area (TPSA) is 77.2 Å². The molecule has 3 rings (SSSR count). The molecule has 6 nitrogen and oxygen atoms in total. The zero-order valence-corrected chi connectivity index (χ0v) is 15.6. The number of anilines is 1. The summed E-state index contributed by atoms with van der Waals surface area (Å²) in [5.74, 6) is 0.791. The Morgan fingerprint density at radius 1 is 1.31 bits per heavy atom. The number of benzene rings is 1. The lowest BCUT2D eigenvalue weighted by molar-refractivity contribution is 0.0458. The molecule has 0 radical (unpaired) electrons. The van der Waals surface area contributed by atoms with Crippen molar-refractivity contribution in [3.8, 4) is 11.3 Å². The first-order valence-corrected chi connectivity index (χ1v) is 9.37. The number of esters is 1. The van der Waals surface area contributed by atoms with Crippen molar-refractivity contribution in [3.63, 3.8) is 0 Å². The first-order chi connectivity index (χ1) is 12.6. The Kier molecular flexibility index (Phi) is 6.01. The largest absolute Gasteiger partial charge is 0.454 e. The van der Waals surface area contributed by atoms with Gasteiger partial charge in [0.05, 0.1) is 0 Å². The number of thiazole rings is 1. The lowest BCUT2D eigenvalue weighted by Gasteiger charge is -2.04. The number of ether oxygens (including phenoxy) is 1. The third-order valence-corrected chi connectivity index (χ3v) is 4.48. The Bertz CT molecular complexity index is 843. The molecule has 0 bridgehead atoms. The number of aromatic nitrogens is 2. The van der Waals surface area contributed by atoms with Gasteiger partial charge in [0.1, 0.15) is 12.3 Å². The highest BCUT2D eigenvalue weighted by Gasteiger charge is 2.14. The number of nitrogens with zero attached hydrogens (tertiary/aromatic N) is 2. The fourth-order valence-corrected chi connectivity index (χ4v) is 2.96. The predicted molar refractivity (Wildman–Crippen MR) is 101 cm³/mol. The van der Waals surface area contributed by atoms with Crippen LogP contribution in [0, 0.1) is 5.92 Å². The average Bonchev–Trinajstić information content (AvgIpc) is 3.30. The van der Waals surface area contributed by atoms with E-state index >= 15 is 0 Å². The van der Waals surface area contributed by atoms with Gasteiger partial charge in [-0.05, 0) is 12.3 Å². The third kappa shape index (κ3) is 4.92. The molecule has 1 N–H and O–H groups in total. The molecule has 0 spiro atoms. The van der Waals surface area contributed by atoms with E-state index in [-0.39, 0.29) is 6.61 Å². The van der Waals surface area contributed by atoms with Crippen LogP contribution in [0.15, 0.2) is 46.3 Å². The number of hydrogen-bond donors (Lipinski definition) is 1. The van der Waals surface area contributed by atoms with Crippen molar-refractivity contribution in [1.82, 2.24) is 10.1 Å². The Hall–Kier alpha value is -2.67. The molecular weight excluding hydrogens is 350 g/mol. The summed E-state index contributed by atoms with van der Waals surface area (Å²) in [6.07, 6.45) is 1.05. The standard InChI is InChI=1S/C19H21N3O3S/c1-13(2)8-9-20-19-21-16(12-26-19)18(23)24-11-15-10-17(25-22-15)14-6-4-3-5-7-14/h3-7,10,12-13H,8-9,11H2,1-2H3,(H,20,21). The predicted octanol–water partition coefficient (Wildman–Crippen LogP) is 4.61. The van der Waals surface area contributed by atoms with Crippen molar-refractivity contribution in [2.24, 2.45) is 5.92 Å². The summed E-state index contributed by atoms with van der Waals surface area (Å²) in [5.41, 5.74) is 1.78. The lowest BCUT2D eigenvalue weighted by Crippen LogP contribution is -2.07. The highest BCUT2D eigenvalue weighted by Crippen LogP contribution is 2.21. The van der Waals surface area contributed by atoms with Crippen LogP contribution in [0.3, 0.4) is 0 Å². The van der Waals surface area contributed by atoms with Crippen molar-refractivity contribution in [2.75, 3.05) is 11.9 Å². The first kappa shape index (κ1) is 18.1. The summed E-state index contributed by atoms with van der Waals surface area (Å²) < 4.78 is 10.6. The van der Waals surface area contributed by atoms with E-state index in [1.165, 1.54) is 11.3 Å². The minimum atomic E-state index is -0.470. The molecule has 0 aliphatic carbocycles. The molecule has 0 atom stereocenters. The smallest absolute Gasteiger partial charge is 0.358 e. The first-order valence-electron chi connectivity index (χ1n) is 8.49. The highest BCUT2D eigenvalue weighted by molar-refractivity contribution is 7.13. The molecule has 7 heteroatoms. The number of hydrogen-bond acceptors (Lipinski definition) is 7. The average molecular weight is 371 g/mol. The van der Waals surface area contributed by atoms with Gasteiger partial charge in [-0.25, -0.2) is 9.78 Å². The molecule has 2 heterocycles. The van der Waals surface area contributed by atoms with E-state index in [9.17, 15) is 4.79 Å². The Morgan fingerprint density at radius 2 is 2.12 bits per heavy atom. The molecule has 0 fully saturated rings. The van der Waals surface area contributed by atoms with Gasteiger partial charge >= 0.3 is 5.97 Å². The van der Waals surface area contributed by atoms with E-state index in [1.54, 1.807) is 11.4 Å². The molecule has 0 aliphatic rings. The number of carbonyl (C=O) groups excluding carboxylic acids is 1. The highest BCUT2D eigenvalue weighted by atomic mass is 32.1. The summed E-state index contributed by atoms with van der Waals surface area (Å²) in [6.45, 7) is 5.21. The summed E-state index contributed by atoms with van der Waals surface area (Å²) in [4.78, 5) is 16.4. The van der Waals surface area contributed by atoms with Crippen molar-refractivity contribution in [3.05, 3.63) is 53.2 Å². The zero-order valence-electron chi connectivity index (χ0n) is 14.8. The molecule has 1 aromatic carbocycles. The Labute approximate surface area is 156 Å². The SMILES string of the molecule is CC(C)CCNc1nc(C(=O)OCc2cc(-c3ccccc3)on2)cs1. The minimum absolute atomic E-state index is 0.0444. The number of carbonyl (C=O) groups is 1. The van der Waals surface area contributed by atoms with E-state index < -0.39 is 5.97 Å². The number of rotatable bonds is 8. The fourth-order valence-electron chi connectivity index (χ4n) is 2.25. The van der Waals surface area contributed by atoms with Crippen molar-refractivity contribution < 1.29 is 14.1 Å². The van der Waals surface area contributed by atoms with Crippen LogP contribution in [0.5, 0.6) is 0 Å². The molecule has 26 heavy (non-hydrogen) atoms. The zero-order chi connectivity index (χ0) is 18.4. The van der Waals surface area contributed by atoms with Crippen LogP contribution in [0.4, 0.5) is 5.13 Å². The second kappa shape index (κ2) is 8.62. The second-order valence-corrected chi connectivity index (χ2v) is 7.13. The third-order valence-electron chi connectivity index (χ3n) is 3.68. The van der Waals surface area contributed by atoms with Crippen LogP contribution < -0.4 is 5.32 Å². The van der Waals surface area contributed by atoms with Crippen LogP contribution in [-0.2, 0) is 11.3 Å². The molecule has 0 unspecified atom stereocenters. The van der Waals surface area contributed by atoms with E-state index in [4.69, 9.17) is 9.26 Å². The Balaban J connectivity index is 1.51. The Morgan fingerprint density at radius 3 is 2.88 bits per heavy atom. The maximum Gasteiger partial charge on any atom is 0.358 e. The van der Waals surface area contributed by atoms with Gasteiger partial charge in [0.2, 0.25) is 0 Å². The van der Waals surface area contributed by atoms with Crippen LogP contribution in [0.25, 0.3) is 11.3 Å². The molecule has 0 amide bonds. The lowest BCUT2D eigenvalue weighted by atomic mass is 10.1. The van der Waals surface area contributed by atoms with Gasteiger partial charge in [0.25, 0.3) is 0 Å². The van der Waals surface area contributed by atoms with E-state index in [0.29, 0.717) is 23.1 Å². The van der Waals surface area contributed by atoms with E-state index in [2.05, 4.69) is 29.3 Å². The molecule has 136 valence electrons. The summed E-state index contributed by atoms with van der Waals surface area (Å²) >= 11 is 1.40. The molecule has 0 saturated heterocycles. The molecule has 0 saturated carbocycles. The van der Waals surface area contributed by atoms with Gasteiger partial charge in [-0.15, -0.1) is 11.3 Å². The van der Waals surface area contributed by atoms with Gasteiger partial charge in [-0.3, -0.25) is 0 Å². The van der Waals surface area contributed by atoms with Crippen LogP contribution in [0.2, 0.25) is 0 Å². The normalized spacial score (nSPS) is 10.9. The van der Waals surface area contributed by atoms with Crippen molar-refractivity contribution >= 4 is 22.4 Å². The summed E-state index contributed by atoms with van der Waals surface area (Å²) in [5, 5.41) is 9.58. The second-order valence-electron chi connectivity index (χ2n) is 6.27. The molecule has 2 aromatic heterocycles. The van der Waals surface area contributed by atoms with Gasteiger partial charge in [0, 0.05) is 23.6 Å². The monoisotopic (exact) mass is 371 g/mol. The molecule has 0 aliphatic heterocycles. The van der Waals surface area contributed by atoms with Gasteiger partial charge in [0.15, 0.2) is 16.6 Å². The van der Waals surface area contributed by atoms with Crippen LogP contribution in [0.1, 0.15) is 36.5 Å². The van der Waals surface area contributed by atoms with E-state index in [1.807, 2.05) is 30.3 Å². The maximum absolute atomic E-state index is 12.1. The minimum Gasteiger partial charge on any atom is -0.454 e. The van der Waals surface area contributed by atoms with Crippen LogP contribution in [-0.4, -0.2) is 22.7 Å². The van der Waals surface area contributed by atoms with Crippen molar-refractivity contribution in [2.45, 2.75) is 26.9 Å². The van der Waals surface area contributed by atoms with Gasteiger partial charge < -0.3 is 14.6 Å². The van der Waals surface area contributed by atoms with Gasteiger partial charge in [-0.1, -0.05) is 49.3 Å². The van der Waals surface area contributed by atoms with Gasteiger partial charge in [-0.2, -0.15) is 0 Å². The summed E-state index contributed by atoms with van der Waals surface area (Å²) in [6, 6.07) is 11.4. The number of nitrogens with one attached hydrogen (secondary N) is 1. The fraction of sp³-hybridized carbons (Fsp3) is 0.316. The molecular formula is C19H21N3O3S.